The zero-order valence-corrected chi connectivity index (χ0v) is 7.45. The Kier molecular flexibility index (Phi) is 5.61. The number of rotatable bonds is 2. The summed E-state index contributed by atoms with van der Waals surface area (Å²) in [6.45, 7) is 4.00. The van der Waals surface area contributed by atoms with Crippen LogP contribution in [0.25, 0.3) is 0 Å². The molecule has 0 bridgehead atoms. The van der Waals surface area contributed by atoms with E-state index >= 15 is 0 Å². The molecule has 0 saturated heterocycles. The van der Waals surface area contributed by atoms with Crippen molar-refractivity contribution in [1.82, 2.24) is 4.98 Å². The molecule has 0 fully saturated rings. The predicted octanol–water partition coefficient (Wildman–Crippen LogP) is 1.14. The normalized spacial score (nSPS) is 8.17. The highest BCUT2D eigenvalue weighted by Crippen LogP contribution is 1.95. The van der Waals surface area contributed by atoms with Crippen LogP contribution < -0.4 is 5.73 Å². The van der Waals surface area contributed by atoms with Gasteiger partial charge in [-0.15, -0.1) is 0 Å². The van der Waals surface area contributed by atoms with Crippen LogP contribution in [0.4, 0.5) is 0 Å². The van der Waals surface area contributed by atoms with E-state index in [1.54, 1.807) is 24.5 Å². The summed E-state index contributed by atoms with van der Waals surface area (Å²) in [4.78, 5) is 14.2. The SMILES string of the molecule is CC.NC(=O)Cc1ccncc1. The molecule has 0 spiro atoms. The van der Waals surface area contributed by atoms with Gasteiger partial charge in [-0.05, 0) is 17.7 Å². The second-order valence-corrected chi connectivity index (χ2v) is 2.00. The number of pyridine rings is 1. The highest BCUT2D eigenvalue weighted by Gasteiger charge is 1.94. The van der Waals surface area contributed by atoms with Crippen molar-refractivity contribution < 1.29 is 4.79 Å². The second kappa shape index (κ2) is 6.34. The van der Waals surface area contributed by atoms with Gasteiger partial charge in [-0.3, -0.25) is 9.78 Å². The van der Waals surface area contributed by atoms with Crippen LogP contribution in [0, 0.1) is 0 Å². The van der Waals surface area contributed by atoms with Crippen LogP contribution in [-0.4, -0.2) is 10.9 Å². The number of hydrogen-bond donors (Lipinski definition) is 1. The highest BCUT2D eigenvalue weighted by molar-refractivity contribution is 5.76. The molecule has 2 N–H and O–H groups in total. The fourth-order valence-electron chi connectivity index (χ4n) is 0.702. The first-order valence-corrected chi connectivity index (χ1v) is 3.96. The van der Waals surface area contributed by atoms with E-state index in [2.05, 4.69) is 4.98 Å². The second-order valence-electron chi connectivity index (χ2n) is 2.00. The Morgan fingerprint density at radius 2 is 1.92 bits per heavy atom. The van der Waals surface area contributed by atoms with Gasteiger partial charge in [0, 0.05) is 12.4 Å². The maximum absolute atomic E-state index is 10.4. The summed E-state index contributed by atoms with van der Waals surface area (Å²) in [5.41, 5.74) is 5.87. The monoisotopic (exact) mass is 166 g/mol. The van der Waals surface area contributed by atoms with Crippen molar-refractivity contribution in [3.63, 3.8) is 0 Å². The predicted molar refractivity (Wildman–Crippen MR) is 48.5 cm³/mol. The van der Waals surface area contributed by atoms with Gasteiger partial charge < -0.3 is 5.73 Å². The minimum absolute atomic E-state index is 0.294. The van der Waals surface area contributed by atoms with Gasteiger partial charge in [-0.25, -0.2) is 0 Å². The lowest BCUT2D eigenvalue weighted by Crippen LogP contribution is -2.13. The van der Waals surface area contributed by atoms with Crippen LogP contribution in [0.5, 0.6) is 0 Å². The molecule has 3 heteroatoms. The average Bonchev–Trinajstić information content (AvgIpc) is 2.08. The maximum atomic E-state index is 10.4. The Balaban J connectivity index is 0.000000561. The van der Waals surface area contributed by atoms with Crippen molar-refractivity contribution >= 4 is 5.91 Å². The van der Waals surface area contributed by atoms with E-state index in [-0.39, 0.29) is 5.91 Å². The Labute approximate surface area is 72.6 Å². The molecule has 1 heterocycles. The first-order valence-electron chi connectivity index (χ1n) is 3.96. The molecule has 0 unspecified atom stereocenters. The lowest BCUT2D eigenvalue weighted by atomic mass is 10.2. The number of nitrogens with zero attached hydrogens (tertiary/aromatic N) is 1. The van der Waals surface area contributed by atoms with Crippen molar-refractivity contribution in [3.05, 3.63) is 30.1 Å². The number of nitrogens with two attached hydrogens (primary N) is 1. The van der Waals surface area contributed by atoms with Crippen LogP contribution in [0.3, 0.4) is 0 Å². The molecule has 0 aliphatic heterocycles. The molecule has 0 saturated carbocycles. The molecule has 3 nitrogen and oxygen atoms in total. The van der Waals surface area contributed by atoms with Crippen molar-refractivity contribution in [3.8, 4) is 0 Å². The molecule has 0 radical (unpaired) electrons. The van der Waals surface area contributed by atoms with Gasteiger partial charge in [-0.2, -0.15) is 0 Å². The van der Waals surface area contributed by atoms with Gasteiger partial charge in [0.1, 0.15) is 0 Å². The van der Waals surface area contributed by atoms with E-state index < -0.39 is 0 Å². The van der Waals surface area contributed by atoms with Crippen molar-refractivity contribution in [1.29, 1.82) is 0 Å². The molecule has 1 rings (SSSR count). The zero-order valence-electron chi connectivity index (χ0n) is 7.45. The van der Waals surface area contributed by atoms with E-state index in [9.17, 15) is 4.79 Å². The van der Waals surface area contributed by atoms with Gasteiger partial charge in [0.25, 0.3) is 0 Å². The molecule has 0 aromatic carbocycles. The van der Waals surface area contributed by atoms with Crippen LogP contribution in [-0.2, 0) is 11.2 Å². The zero-order chi connectivity index (χ0) is 9.40. The minimum Gasteiger partial charge on any atom is -0.369 e. The highest BCUT2D eigenvalue weighted by atomic mass is 16.1. The Morgan fingerprint density at radius 1 is 1.42 bits per heavy atom. The fraction of sp³-hybridized carbons (Fsp3) is 0.333. The number of primary amides is 1. The molecule has 1 aromatic heterocycles. The maximum Gasteiger partial charge on any atom is 0.221 e. The van der Waals surface area contributed by atoms with Crippen LogP contribution in [0.1, 0.15) is 19.4 Å². The van der Waals surface area contributed by atoms with E-state index in [1.807, 2.05) is 13.8 Å². The molecule has 12 heavy (non-hydrogen) atoms. The van der Waals surface area contributed by atoms with Gasteiger partial charge in [0.15, 0.2) is 0 Å². The van der Waals surface area contributed by atoms with E-state index in [1.165, 1.54) is 0 Å². The summed E-state index contributed by atoms with van der Waals surface area (Å²) < 4.78 is 0. The van der Waals surface area contributed by atoms with E-state index in [0.29, 0.717) is 6.42 Å². The van der Waals surface area contributed by atoms with Crippen LogP contribution in [0.15, 0.2) is 24.5 Å². The standard InChI is InChI=1S/C7H8N2O.C2H6/c8-7(10)5-6-1-3-9-4-2-6;1-2/h1-4H,5H2,(H2,8,10);1-2H3. The van der Waals surface area contributed by atoms with Gasteiger partial charge in [0.2, 0.25) is 5.91 Å². The summed E-state index contributed by atoms with van der Waals surface area (Å²) in [6.07, 6.45) is 3.57. The van der Waals surface area contributed by atoms with Gasteiger partial charge >= 0.3 is 0 Å². The number of carbonyl (C=O) groups is 1. The molecular formula is C9H14N2O. The Hall–Kier alpha value is -1.38. The first-order chi connectivity index (χ1) is 5.79. The molecule has 66 valence electrons. The largest absolute Gasteiger partial charge is 0.369 e. The number of hydrogen-bond acceptors (Lipinski definition) is 2. The van der Waals surface area contributed by atoms with Crippen molar-refractivity contribution in [2.75, 3.05) is 0 Å². The molecule has 0 atom stereocenters. The topological polar surface area (TPSA) is 56.0 Å². The first kappa shape index (κ1) is 10.6. The summed E-state index contributed by atoms with van der Waals surface area (Å²) in [5, 5.41) is 0. The summed E-state index contributed by atoms with van der Waals surface area (Å²) in [5.74, 6) is -0.314. The Morgan fingerprint density at radius 3 is 2.33 bits per heavy atom. The fourth-order valence-corrected chi connectivity index (χ4v) is 0.702. The number of carbonyl (C=O) groups excluding carboxylic acids is 1. The lowest BCUT2D eigenvalue weighted by molar-refractivity contribution is -0.117. The van der Waals surface area contributed by atoms with Gasteiger partial charge in [0.05, 0.1) is 6.42 Å². The molecule has 0 aliphatic carbocycles. The third kappa shape index (κ3) is 4.44. The minimum atomic E-state index is -0.314. The molecule has 1 amide bonds. The third-order valence-electron chi connectivity index (χ3n) is 1.13. The summed E-state index contributed by atoms with van der Waals surface area (Å²) in [7, 11) is 0. The van der Waals surface area contributed by atoms with E-state index in [0.717, 1.165) is 5.56 Å². The number of amides is 1. The van der Waals surface area contributed by atoms with Gasteiger partial charge in [-0.1, -0.05) is 13.8 Å². The summed E-state index contributed by atoms with van der Waals surface area (Å²) >= 11 is 0. The van der Waals surface area contributed by atoms with Crippen LogP contribution in [0.2, 0.25) is 0 Å². The smallest absolute Gasteiger partial charge is 0.221 e. The summed E-state index contributed by atoms with van der Waals surface area (Å²) in [6, 6.07) is 3.54. The Bertz CT molecular complexity index is 221. The lowest BCUT2D eigenvalue weighted by Gasteiger charge is -1.93. The average molecular weight is 166 g/mol. The van der Waals surface area contributed by atoms with E-state index in [4.69, 9.17) is 5.73 Å². The molecular weight excluding hydrogens is 152 g/mol. The van der Waals surface area contributed by atoms with Crippen molar-refractivity contribution in [2.45, 2.75) is 20.3 Å². The number of aromatic nitrogens is 1. The van der Waals surface area contributed by atoms with Crippen LogP contribution >= 0.6 is 0 Å². The molecule has 1 aromatic rings. The third-order valence-corrected chi connectivity index (χ3v) is 1.13. The quantitative estimate of drug-likeness (QED) is 0.716. The molecule has 0 aliphatic rings. The van der Waals surface area contributed by atoms with Crippen molar-refractivity contribution in [2.24, 2.45) is 5.73 Å².